The topological polar surface area (TPSA) is 6.48 Å². The van der Waals surface area contributed by atoms with E-state index in [4.69, 9.17) is 0 Å². The van der Waals surface area contributed by atoms with Gasteiger partial charge in [-0.3, -0.25) is 0 Å². The Morgan fingerprint density at radius 1 is 0.310 bits per heavy atom. The molecule has 0 aliphatic carbocycles. The molecule has 0 saturated carbocycles. The van der Waals surface area contributed by atoms with Gasteiger partial charge in [0.2, 0.25) is 0 Å². The van der Waals surface area contributed by atoms with Crippen LogP contribution in [0, 0.1) is 0 Å². The molecule has 0 atom stereocenters. The molecule has 0 fully saturated rings. The van der Waals surface area contributed by atoms with Crippen molar-refractivity contribution >= 4 is 0 Å². The largest absolute Gasteiger partial charge is 0.356 e. The lowest BCUT2D eigenvalue weighted by Gasteiger charge is -2.33. The van der Waals surface area contributed by atoms with Crippen LogP contribution in [0.5, 0.6) is 0 Å². The van der Waals surface area contributed by atoms with Crippen molar-refractivity contribution in [3.63, 3.8) is 0 Å². The first-order chi connectivity index (χ1) is 20.8. The normalized spacial score (nSPS) is 13.7. The molecular weight excluding hydrogens is 508 g/mol. The SMILES string of the molecule is CCCCCCCCCCCCCCCCCN1C=CN(CCCCCCCCCCCCCCCCC)C1CCC. The second-order valence-electron chi connectivity index (χ2n) is 13.9. The quantitative estimate of drug-likeness (QED) is 0.0690. The molecular formula is C40H80N2. The first kappa shape index (κ1) is 39.4. The van der Waals surface area contributed by atoms with Gasteiger partial charge < -0.3 is 9.80 Å². The average Bonchev–Trinajstić information content (AvgIpc) is 3.38. The molecule has 0 spiro atoms. The fourth-order valence-electron chi connectivity index (χ4n) is 6.93. The Kier molecular flexibility index (Phi) is 29.8. The van der Waals surface area contributed by atoms with Gasteiger partial charge >= 0.3 is 0 Å². The van der Waals surface area contributed by atoms with Crippen molar-refractivity contribution in [1.82, 2.24) is 9.80 Å². The number of nitrogens with zero attached hydrogens (tertiary/aromatic N) is 2. The molecule has 0 aromatic carbocycles. The zero-order chi connectivity index (χ0) is 30.2. The summed E-state index contributed by atoms with van der Waals surface area (Å²) in [5.74, 6) is 0. The smallest absolute Gasteiger partial charge is 0.101 e. The van der Waals surface area contributed by atoms with Gasteiger partial charge in [0.25, 0.3) is 0 Å². The first-order valence-corrected chi connectivity index (χ1v) is 20.0. The van der Waals surface area contributed by atoms with E-state index in [0.29, 0.717) is 6.17 Å². The summed E-state index contributed by atoms with van der Waals surface area (Å²) >= 11 is 0. The zero-order valence-electron chi connectivity index (χ0n) is 29.7. The van der Waals surface area contributed by atoms with Crippen molar-refractivity contribution < 1.29 is 0 Å². The second kappa shape index (κ2) is 31.8. The van der Waals surface area contributed by atoms with Gasteiger partial charge in [-0.25, -0.2) is 0 Å². The fourth-order valence-corrected chi connectivity index (χ4v) is 6.93. The third-order valence-electron chi connectivity index (χ3n) is 9.80. The van der Waals surface area contributed by atoms with E-state index in [-0.39, 0.29) is 0 Å². The fraction of sp³-hybridized carbons (Fsp3) is 0.950. The van der Waals surface area contributed by atoms with Crippen molar-refractivity contribution in [3.05, 3.63) is 12.4 Å². The van der Waals surface area contributed by atoms with Gasteiger partial charge in [0.1, 0.15) is 6.17 Å². The molecule has 0 saturated heterocycles. The van der Waals surface area contributed by atoms with E-state index in [0.717, 1.165) is 0 Å². The van der Waals surface area contributed by atoms with Gasteiger partial charge in [-0.05, 0) is 19.3 Å². The van der Waals surface area contributed by atoms with E-state index in [9.17, 15) is 0 Å². The summed E-state index contributed by atoms with van der Waals surface area (Å²) in [7, 11) is 0. The molecule has 0 amide bonds. The molecule has 2 heteroatoms. The maximum absolute atomic E-state index is 2.66. The maximum Gasteiger partial charge on any atom is 0.101 e. The summed E-state index contributed by atoms with van der Waals surface area (Å²) in [6, 6.07) is 0. The van der Waals surface area contributed by atoms with Crippen molar-refractivity contribution in [1.29, 1.82) is 0 Å². The van der Waals surface area contributed by atoms with Gasteiger partial charge in [0, 0.05) is 25.5 Å². The molecule has 0 aromatic rings. The Hall–Kier alpha value is -0.660. The Morgan fingerprint density at radius 2 is 0.548 bits per heavy atom. The molecule has 250 valence electrons. The van der Waals surface area contributed by atoms with E-state index in [2.05, 4.69) is 43.0 Å². The van der Waals surface area contributed by atoms with Crippen molar-refractivity contribution in [3.8, 4) is 0 Å². The summed E-state index contributed by atoms with van der Waals surface area (Å²) in [5, 5.41) is 0. The van der Waals surface area contributed by atoms with Crippen LogP contribution in [0.4, 0.5) is 0 Å². The van der Waals surface area contributed by atoms with Crippen LogP contribution in [0.2, 0.25) is 0 Å². The predicted molar refractivity (Wildman–Crippen MR) is 191 cm³/mol. The highest BCUT2D eigenvalue weighted by atomic mass is 15.4. The van der Waals surface area contributed by atoms with E-state index < -0.39 is 0 Å². The monoisotopic (exact) mass is 589 g/mol. The Morgan fingerprint density at radius 3 is 0.786 bits per heavy atom. The molecule has 0 bridgehead atoms. The molecule has 1 aliphatic heterocycles. The lowest BCUT2D eigenvalue weighted by molar-refractivity contribution is 0.138. The highest BCUT2D eigenvalue weighted by Gasteiger charge is 2.24. The van der Waals surface area contributed by atoms with Crippen LogP contribution < -0.4 is 0 Å². The van der Waals surface area contributed by atoms with Crippen LogP contribution in [-0.2, 0) is 0 Å². The second-order valence-corrected chi connectivity index (χ2v) is 13.9. The van der Waals surface area contributed by atoms with E-state index in [1.807, 2.05) is 0 Å². The van der Waals surface area contributed by atoms with E-state index in [1.54, 1.807) is 0 Å². The molecule has 0 radical (unpaired) electrons. The Labute approximate surface area is 267 Å². The summed E-state index contributed by atoms with van der Waals surface area (Å²) in [5.41, 5.74) is 0. The minimum Gasteiger partial charge on any atom is -0.356 e. The molecule has 2 nitrogen and oxygen atoms in total. The number of rotatable bonds is 34. The Bertz CT molecular complexity index is 500. The van der Waals surface area contributed by atoms with Crippen LogP contribution >= 0.6 is 0 Å². The van der Waals surface area contributed by atoms with Gasteiger partial charge in [0.15, 0.2) is 0 Å². The summed E-state index contributed by atoms with van der Waals surface area (Å²) in [4.78, 5) is 5.33. The standard InChI is InChI=1S/C40H80N2/c1-4-7-9-11-13-15-17-19-21-23-25-27-29-31-33-36-41-38-39-42(40(41)35-6-3)37-34-32-30-28-26-24-22-20-18-16-14-12-10-8-5-2/h38-40H,4-37H2,1-3H3. The van der Waals surface area contributed by atoms with Gasteiger partial charge in [-0.2, -0.15) is 0 Å². The number of hydrogen-bond donors (Lipinski definition) is 0. The van der Waals surface area contributed by atoms with E-state index >= 15 is 0 Å². The molecule has 1 rings (SSSR count). The summed E-state index contributed by atoms with van der Waals surface area (Å²) in [6.45, 7) is 9.49. The van der Waals surface area contributed by atoms with Gasteiger partial charge in [-0.1, -0.05) is 207 Å². The van der Waals surface area contributed by atoms with Crippen LogP contribution in [-0.4, -0.2) is 29.1 Å². The molecule has 1 aliphatic rings. The zero-order valence-corrected chi connectivity index (χ0v) is 29.7. The Balaban J connectivity index is 1.92. The minimum atomic E-state index is 0.633. The molecule has 1 heterocycles. The summed E-state index contributed by atoms with van der Waals surface area (Å²) in [6.07, 6.45) is 51.5. The third kappa shape index (κ3) is 23.8. The van der Waals surface area contributed by atoms with Crippen LogP contribution in [0.25, 0.3) is 0 Å². The number of unbranched alkanes of at least 4 members (excludes halogenated alkanes) is 28. The number of hydrogen-bond acceptors (Lipinski definition) is 2. The van der Waals surface area contributed by atoms with Crippen molar-refractivity contribution in [2.24, 2.45) is 0 Å². The molecule has 42 heavy (non-hydrogen) atoms. The van der Waals surface area contributed by atoms with Crippen LogP contribution in [0.15, 0.2) is 12.4 Å². The third-order valence-corrected chi connectivity index (χ3v) is 9.80. The summed E-state index contributed by atoms with van der Waals surface area (Å²) < 4.78 is 0. The molecule has 0 unspecified atom stereocenters. The predicted octanol–water partition coefficient (Wildman–Crippen LogP) is 13.9. The molecule has 0 N–H and O–H groups in total. The highest BCUT2D eigenvalue weighted by Crippen LogP contribution is 2.23. The van der Waals surface area contributed by atoms with E-state index in [1.165, 1.54) is 219 Å². The maximum atomic E-state index is 2.66. The van der Waals surface area contributed by atoms with Crippen LogP contribution in [0.3, 0.4) is 0 Å². The van der Waals surface area contributed by atoms with Crippen molar-refractivity contribution in [2.45, 2.75) is 232 Å². The lowest BCUT2D eigenvalue weighted by atomic mass is 10.0. The molecule has 0 aromatic heterocycles. The van der Waals surface area contributed by atoms with Crippen molar-refractivity contribution in [2.75, 3.05) is 13.1 Å². The lowest BCUT2D eigenvalue weighted by Crippen LogP contribution is -2.39. The van der Waals surface area contributed by atoms with Gasteiger partial charge in [0.05, 0.1) is 0 Å². The highest BCUT2D eigenvalue weighted by molar-refractivity contribution is 4.96. The minimum absolute atomic E-state index is 0.633. The van der Waals surface area contributed by atoms with Gasteiger partial charge in [-0.15, -0.1) is 0 Å². The average molecular weight is 589 g/mol. The van der Waals surface area contributed by atoms with Crippen LogP contribution in [0.1, 0.15) is 226 Å². The first-order valence-electron chi connectivity index (χ1n) is 20.0.